The van der Waals surface area contributed by atoms with Gasteiger partial charge < -0.3 is 15.1 Å². The molecule has 2 aromatic carbocycles. The predicted molar refractivity (Wildman–Crippen MR) is 134 cm³/mol. The second kappa shape index (κ2) is 9.82. The molecule has 0 spiro atoms. The van der Waals surface area contributed by atoms with Gasteiger partial charge in [0.2, 0.25) is 5.95 Å². The Morgan fingerprint density at radius 3 is 2.37 bits per heavy atom. The minimum Gasteiger partial charge on any atom is -0.339 e. The second-order valence-electron chi connectivity index (χ2n) is 8.18. The summed E-state index contributed by atoms with van der Waals surface area (Å²) in [6.07, 6.45) is -5.48. The molecular weight excluding hydrogens is 552 g/mol. The fraction of sp³-hybridized carbons (Fsp3) is 0.217. The summed E-state index contributed by atoms with van der Waals surface area (Å²) in [5.74, 6) is -2.54. The van der Waals surface area contributed by atoms with E-state index in [1.807, 2.05) is 4.90 Å². The number of aromatic nitrogens is 4. The van der Waals surface area contributed by atoms with Crippen LogP contribution < -0.4 is 26.3 Å². The van der Waals surface area contributed by atoms with Crippen LogP contribution in [0.15, 0.2) is 58.1 Å². The maximum Gasteiger partial charge on any atom is 0.493 e. The third kappa shape index (κ3) is 4.52. The normalized spacial score (nSPS) is 14.2. The van der Waals surface area contributed by atoms with E-state index < -0.39 is 23.4 Å². The fourth-order valence-corrected chi connectivity index (χ4v) is 4.52. The molecule has 198 valence electrons. The van der Waals surface area contributed by atoms with E-state index in [1.165, 1.54) is 28.8 Å². The van der Waals surface area contributed by atoms with Gasteiger partial charge in [0.25, 0.3) is 0 Å². The topological polar surface area (TPSA) is 103 Å². The van der Waals surface area contributed by atoms with E-state index in [0.29, 0.717) is 26.2 Å². The van der Waals surface area contributed by atoms with Crippen LogP contribution in [0, 0.1) is 0 Å². The summed E-state index contributed by atoms with van der Waals surface area (Å²) >= 11 is 12.6. The Morgan fingerprint density at radius 1 is 1.00 bits per heavy atom. The molecule has 38 heavy (non-hydrogen) atoms. The number of carbonyl (C=O) groups is 1. The first-order valence-corrected chi connectivity index (χ1v) is 11.9. The Hall–Kier alpha value is -3.81. The zero-order valence-corrected chi connectivity index (χ0v) is 20.7. The molecule has 0 aliphatic carbocycles. The zero-order valence-electron chi connectivity index (χ0n) is 19.2. The molecule has 1 fully saturated rings. The minimum atomic E-state index is -5.48. The summed E-state index contributed by atoms with van der Waals surface area (Å²) in [6.45, 7) is 2.10. The van der Waals surface area contributed by atoms with Gasteiger partial charge in [-0.3, -0.25) is 9.36 Å². The van der Waals surface area contributed by atoms with Gasteiger partial charge in [-0.1, -0.05) is 46.1 Å². The number of carbonyl (C=O) groups excluding carboxylic acids is 1. The maximum absolute atomic E-state index is 13.6. The maximum atomic E-state index is 13.6. The van der Waals surface area contributed by atoms with Crippen molar-refractivity contribution in [2.45, 2.75) is 6.18 Å². The lowest BCUT2D eigenvalue weighted by Crippen LogP contribution is -2.48. The summed E-state index contributed by atoms with van der Waals surface area (Å²) < 4.78 is 41.2. The number of para-hydroxylation sites is 1. The van der Waals surface area contributed by atoms with E-state index in [9.17, 15) is 27.6 Å². The van der Waals surface area contributed by atoms with Crippen LogP contribution in [-0.4, -0.2) is 57.2 Å². The van der Waals surface area contributed by atoms with Crippen LogP contribution in [-0.2, 0) is 4.79 Å². The first-order valence-electron chi connectivity index (χ1n) is 11.1. The highest BCUT2D eigenvalue weighted by molar-refractivity contribution is 6.32. The summed E-state index contributed by atoms with van der Waals surface area (Å²) in [6, 6.07) is 12.2. The van der Waals surface area contributed by atoms with Crippen LogP contribution in [0.2, 0.25) is 10.0 Å². The number of fused-ring (bicyclic) bond motifs is 1. The van der Waals surface area contributed by atoms with Gasteiger partial charge >= 0.3 is 23.4 Å². The average Bonchev–Trinajstić information content (AvgIpc) is 3.27. The van der Waals surface area contributed by atoms with Gasteiger partial charge in [0, 0.05) is 31.2 Å². The van der Waals surface area contributed by atoms with Crippen molar-refractivity contribution in [3.05, 3.63) is 79.4 Å². The molecule has 4 aromatic rings. The summed E-state index contributed by atoms with van der Waals surface area (Å²) in [7, 11) is 0. The third-order valence-corrected chi connectivity index (χ3v) is 6.33. The molecule has 1 aliphatic heterocycles. The lowest BCUT2D eigenvalue weighted by Gasteiger charge is -2.28. The second-order valence-corrected chi connectivity index (χ2v) is 9.03. The van der Waals surface area contributed by atoms with Crippen molar-refractivity contribution >= 4 is 46.3 Å². The quantitative estimate of drug-likeness (QED) is 0.403. The van der Waals surface area contributed by atoms with Gasteiger partial charge in [-0.2, -0.15) is 18.2 Å². The van der Waals surface area contributed by atoms with E-state index in [2.05, 4.69) is 15.1 Å². The van der Waals surface area contributed by atoms with Crippen LogP contribution in [0.5, 0.6) is 0 Å². The molecule has 10 nitrogen and oxygen atoms in total. The lowest BCUT2D eigenvalue weighted by atomic mass is 10.3. The first kappa shape index (κ1) is 25.8. The Labute approximate surface area is 221 Å². The van der Waals surface area contributed by atoms with E-state index in [-0.39, 0.29) is 43.3 Å². The Kier molecular flexibility index (Phi) is 6.67. The van der Waals surface area contributed by atoms with Crippen molar-refractivity contribution < 1.29 is 22.8 Å². The number of piperazine rings is 1. The zero-order chi connectivity index (χ0) is 27.2. The highest BCUT2D eigenvalue weighted by atomic mass is 35.5. The number of benzene rings is 2. The molecule has 0 saturated carbocycles. The van der Waals surface area contributed by atoms with E-state index in [1.54, 1.807) is 24.3 Å². The summed E-state index contributed by atoms with van der Waals surface area (Å²) in [4.78, 5) is 49.4. The molecule has 1 N–H and O–H groups in total. The highest BCUT2D eigenvalue weighted by Gasteiger charge is 2.43. The number of halogens is 5. The number of alkyl halides is 3. The van der Waals surface area contributed by atoms with Crippen molar-refractivity contribution in [2.24, 2.45) is 0 Å². The molecular formula is C23H17Cl2F3N6O4. The van der Waals surface area contributed by atoms with Gasteiger partial charge in [-0.25, -0.2) is 14.2 Å². The van der Waals surface area contributed by atoms with Crippen LogP contribution >= 0.6 is 23.2 Å². The number of hydrogen-bond donors (Lipinski definition) is 1. The van der Waals surface area contributed by atoms with E-state index >= 15 is 0 Å². The minimum absolute atomic E-state index is 0.0694. The number of rotatable bonds is 4. The molecule has 1 aliphatic rings. The van der Waals surface area contributed by atoms with E-state index in [0.717, 1.165) is 4.57 Å². The third-order valence-electron chi connectivity index (χ3n) is 5.77. The summed E-state index contributed by atoms with van der Waals surface area (Å²) in [5, 5.41) is 3.58. The Balaban J connectivity index is 1.93. The van der Waals surface area contributed by atoms with Gasteiger partial charge in [-0.15, -0.1) is 0 Å². The standard InChI is InChI=1S/C23H17Cl2F3N6O4/c24-13-4-3-5-14(12-13)32-18-17(19(35)34(22(32)37)38-20(36)23(26,27)28)33(16-7-2-1-6-15(16)25)21(30-18)31-10-8-29-9-11-31/h1-7,12,29H,8-11H2. The smallest absolute Gasteiger partial charge is 0.339 e. The Morgan fingerprint density at radius 2 is 1.71 bits per heavy atom. The van der Waals surface area contributed by atoms with Crippen molar-refractivity contribution in [1.82, 2.24) is 24.2 Å². The SMILES string of the molecule is O=C(On1c(=O)c2c(nc(N3CCNCC3)n2-c2ccccc2Cl)n(-c2cccc(Cl)c2)c1=O)C(F)(F)F. The molecule has 2 aromatic heterocycles. The van der Waals surface area contributed by atoms with Crippen LogP contribution in [0.1, 0.15) is 0 Å². The van der Waals surface area contributed by atoms with Crippen molar-refractivity contribution in [1.29, 1.82) is 0 Å². The summed E-state index contributed by atoms with van der Waals surface area (Å²) in [5.41, 5.74) is -2.93. The number of nitrogens with zero attached hydrogens (tertiary/aromatic N) is 5. The van der Waals surface area contributed by atoms with Gasteiger partial charge in [0.1, 0.15) is 0 Å². The van der Waals surface area contributed by atoms with Crippen LogP contribution in [0.4, 0.5) is 19.1 Å². The van der Waals surface area contributed by atoms with Gasteiger partial charge in [0.05, 0.1) is 16.4 Å². The number of imidazole rings is 1. The van der Waals surface area contributed by atoms with Crippen LogP contribution in [0.25, 0.3) is 22.5 Å². The highest BCUT2D eigenvalue weighted by Crippen LogP contribution is 2.30. The molecule has 5 rings (SSSR count). The molecule has 0 unspecified atom stereocenters. The molecule has 0 radical (unpaired) electrons. The first-order chi connectivity index (χ1) is 18.1. The molecule has 0 bridgehead atoms. The number of nitrogens with one attached hydrogen (secondary N) is 1. The van der Waals surface area contributed by atoms with Crippen molar-refractivity contribution in [2.75, 3.05) is 31.1 Å². The van der Waals surface area contributed by atoms with Gasteiger partial charge in [-0.05, 0) is 30.3 Å². The molecule has 0 amide bonds. The lowest BCUT2D eigenvalue weighted by molar-refractivity contribution is -0.200. The number of anilines is 1. The Bertz CT molecular complexity index is 1670. The fourth-order valence-electron chi connectivity index (χ4n) is 4.11. The molecule has 0 atom stereocenters. The number of hydrogen-bond acceptors (Lipinski definition) is 7. The average molecular weight is 569 g/mol. The van der Waals surface area contributed by atoms with Crippen molar-refractivity contribution in [3.8, 4) is 11.4 Å². The molecule has 15 heteroatoms. The molecule has 1 saturated heterocycles. The van der Waals surface area contributed by atoms with E-state index in [4.69, 9.17) is 23.2 Å². The monoisotopic (exact) mass is 568 g/mol. The largest absolute Gasteiger partial charge is 0.493 e. The van der Waals surface area contributed by atoms with Crippen LogP contribution in [0.3, 0.4) is 0 Å². The predicted octanol–water partition coefficient (Wildman–Crippen LogP) is 2.57. The van der Waals surface area contributed by atoms with Crippen molar-refractivity contribution in [3.63, 3.8) is 0 Å². The van der Waals surface area contributed by atoms with Gasteiger partial charge in [0.15, 0.2) is 11.2 Å². The molecule has 3 heterocycles.